The third-order valence-corrected chi connectivity index (χ3v) is 5.24. The second-order valence-corrected chi connectivity index (χ2v) is 7.07. The van der Waals surface area contributed by atoms with Crippen molar-refractivity contribution in [2.24, 2.45) is 0 Å². The topological polar surface area (TPSA) is 86.7 Å². The Kier molecular flexibility index (Phi) is 4.54. The Labute approximate surface area is 162 Å². The standard InChI is InChI=1S/C20H21N5O3/c1-13-4-5-15-16(12-13)19(28)25(18(15)27)14(2)17(26)23-8-10-24(11-9-23)20-21-6-3-7-22-20/h3-7,12,14H,8-11H2,1-2H3/t14-/m1/s1. The number of benzene rings is 1. The zero-order chi connectivity index (χ0) is 19.8. The molecule has 1 atom stereocenters. The molecule has 0 spiro atoms. The summed E-state index contributed by atoms with van der Waals surface area (Å²) < 4.78 is 0. The lowest BCUT2D eigenvalue weighted by Crippen LogP contribution is -2.55. The zero-order valence-electron chi connectivity index (χ0n) is 15.8. The summed E-state index contributed by atoms with van der Waals surface area (Å²) in [5.74, 6) is -0.392. The highest BCUT2D eigenvalue weighted by Crippen LogP contribution is 2.26. The first-order valence-electron chi connectivity index (χ1n) is 9.26. The Morgan fingerprint density at radius 1 is 1.00 bits per heavy atom. The summed E-state index contributed by atoms with van der Waals surface area (Å²) in [6, 6.07) is 6.07. The molecule has 8 heteroatoms. The number of carbonyl (C=O) groups excluding carboxylic acids is 3. The number of rotatable bonds is 3. The smallest absolute Gasteiger partial charge is 0.262 e. The molecule has 0 bridgehead atoms. The van der Waals surface area contributed by atoms with Crippen LogP contribution in [0.2, 0.25) is 0 Å². The molecule has 0 radical (unpaired) electrons. The molecule has 0 N–H and O–H groups in total. The highest BCUT2D eigenvalue weighted by Gasteiger charge is 2.42. The van der Waals surface area contributed by atoms with E-state index < -0.39 is 17.9 Å². The van der Waals surface area contributed by atoms with E-state index in [0.717, 1.165) is 10.5 Å². The minimum Gasteiger partial charge on any atom is -0.337 e. The van der Waals surface area contributed by atoms with Gasteiger partial charge >= 0.3 is 0 Å². The number of imide groups is 1. The molecule has 2 aliphatic rings. The molecule has 2 aliphatic heterocycles. The van der Waals surface area contributed by atoms with Crippen LogP contribution >= 0.6 is 0 Å². The van der Waals surface area contributed by atoms with Crippen molar-refractivity contribution >= 4 is 23.7 Å². The average molecular weight is 379 g/mol. The fraction of sp³-hybridized carbons (Fsp3) is 0.350. The summed E-state index contributed by atoms with van der Waals surface area (Å²) in [7, 11) is 0. The van der Waals surface area contributed by atoms with Gasteiger partial charge in [-0.2, -0.15) is 0 Å². The molecular formula is C20H21N5O3. The van der Waals surface area contributed by atoms with Gasteiger partial charge in [0, 0.05) is 38.6 Å². The lowest BCUT2D eigenvalue weighted by atomic mass is 10.1. The molecule has 1 saturated heterocycles. The predicted molar refractivity (Wildman–Crippen MR) is 102 cm³/mol. The minimum atomic E-state index is -0.841. The molecule has 8 nitrogen and oxygen atoms in total. The van der Waals surface area contributed by atoms with Crippen LogP contribution in [-0.4, -0.2) is 69.7 Å². The van der Waals surface area contributed by atoms with Crippen molar-refractivity contribution in [1.82, 2.24) is 19.8 Å². The first-order valence-corrected chi connectivity index (χ1v) is 9.26. The van der Waals surface area contributed by atoms with Gasteiger partial charge in [-0.3, -0.25) is 19.3 Å². The molecule has 1 aromatic carbocycles. The van der Waals surface area contributed by atoms with Crippen LogP contribution in [0.5, 0.6) is 0 Å². The molecule has 144 valence electrons. The van der Waals surface area contributed by atoms with E-state index in [1.807, 2.05) is 11.8 Å². The summed E-state index contributed by atoms with van der Waals surface area (Å²) in [4.78, 5) is 51.7. The van der Waals surface area contributed by atoms with Crippen LogP contribution in [0.3, 0.4) is 0 Å². The van der Waals surface area contributed by atoms with Crippen molar-refractivity contribution in [1.29, 1.82) is 0 Å². The Morgan fingerprint density at radius 3 is 2.32 bits per heavy atom. The second kappa shape index (κ2) is 7.03. The maximum atomic E-state index is 13.0. The van der Waals surface area contributed by atoms with Gasteiger partial charge in [-0.15, -0.1) is 0 Å². The van der Waals surface area contributed by atoms with Crippen molar-refractivity contribution < 1.29 is 14.4 Å². The lowest BCUT2D eigenvalue weighted by molar-refractivity contribution is -0.135. The van der Waals surface area contributed by atoms with E-state index in [4.69, 9.17) is 0 Å². The van der Waals surface area contributed by atoms with Gasteiger partial charge in [0.25, 0.3) is 11.8 Å². The van der Waals surface area contributed by atoms with Crippen LogP contribution in [0.25, 0.3) is 0 Å². The second-order valence-electron chi connectivity index (χ2n) is 7.07. The van der Waals surface area contributed by atoms with Crippen molar-refractivity contribution in [2.45, 2.75) is 19.9 Å². The fourth-order valence-corrected chi connectivity index (χ4v) is 3.68. The van der Waals surface area contributed by atoms with E-state index in [9.17, 15) is 14.4 Å². The molecule has 1 fully saturated rings. The third kappa shape index (κ3) is 3.00. The van der Waals surface area contributed by atoms with Crippen molar-refractivity contribution in [3.05, 3.63) is 53.3 Å². The first kappa shape index (κ1) is 18.1. The van der Waals surface area contributed by atoms with E-state index in [0.29, 0.717) is 43.3 Å². The van der Waals surface area contributed by atoms with E-state index in [1.54, 1.807) is 48.5 Å². The van der Waals surface area contributed by atoms with Gasteiger partial charge in [-0.1, -0.05) is 11.6 Å². The molecule has 1 aromatic heterocycles. The maximum Gasteiger partial charge on any atom is 0.262 e. The molecule has 0 aliphatic carbocycles. The van der Waals surface area contributed by atoms with Crippen LogP contribution < -0.4 is 4.90 Å². The van der Waals surface area contributed by atoms with E-state index in [-0.39, 0.29) is 5.91 Å². The summed E-state index contributed by atoms with van der Waals surface area (Å²) >= 11 is 0. The Hall–Kier alpha value is -3.29. The quantitative estimate of drug-likeness (QED) is 0.743. The number of aromatic nitrogens is 2. The number of anilines is 1. The first-order chi connectivity index (χ1) is 13.5. The normalized spacial score (nSPS) is 17.7. The van der Waals surface area contributed by atoms with E-state index >= 15 is 0 Å². The van der Waals surface area contributed by atoms with Gasteiger partial charge in [-0.05, 0) is 32.0 Å². The molecule has 0 unspecified atom stereocenters. The van der Waals surface area contributed by atoms with Crippen LogP contribution in [0.4, 0.5) is 5.95 Å². The number of nitrogens with zero attached hydrogens (tertiary/aromatic N) is 5. The van der Waals surface area contributed by atoms with Gasteiger partial charge in [0.05, 0.1) is 11.1 Å². The molecular weight excluding hydrogens is 358 g/mol. The number of fused-ring (bicyclic) bond motifs is 1. The van der Waals surface area contributed by atoms with Crippen molar-refractivity contribution in [3.63, 3.8) is 0 Å². The number of piperazine rings is 1. The molecule has 2 aromatic rings. The largest absolute Gasteiger partial charge is 0.337 e. The summed E-state index contributed by atoms with van der Waals surface area (Å²) in [6.07, 6.45) is 3.37. The minimum absolute atomic E-state index is 0.222. The highest BCUT2D eigenvalue weighted by atomic mass is 16.2. The number of amides is 3. The predicted octanol–water partition coefficient (Wildman–Crippen LogP) is 1.12. The van der Waals surface area contributed by atoms with Crippen LogP contribution in [0, 0.1) is 6.92 Å². The Balaban J connectivity index is 1.45. The van der Waals surface area contributed by atoms with E-state index in [2.05, 4.69) is 9.97 Å². The summed E-state index contributed by atoms with van der Waals surface area (Å²) in [5, 5.41) is 0. The number of carbonyl (C=O) groups is 3. The van der Waals surface area contributed by atoms with Crippen LogP contribution in [0.1, 0.15) is 33.2 Å². The maximum absolute atomic E-state index is 13.0. The molecule has 3 amide bonds. The number of aryl methyl sites for hydroxylation is 1. The Bertz CT molecular complexity index is 938. The average Bonchev–Trinajstić information content (AvgIpc) is 2.97. The van der Waals surface area contributed by atoms with E-state index in [1.165, 1.54) is 0 Å². The third-order valence-electron chi connectivity index (χ3n) is 5.24. The highest BCUT2D eigenvalue weighted by molar-refractivity contribution is 6.22. The fourth-order valence-electron chi connectivity index (χ4n) is 3.68. The monoisotopic (exact) mass is 379 g/mol. The van der Waals surface area contributed by atoms with Crippen LogP contribution in [-0.2, 0) is 4.79 Å². The van der Waals surface area contributed by atoms with Crippen molar-refractivity contribution in [3.8, 4) is 0 Å². The molecule has 28 heavy (non-hydrogen) atoms. The molecule has 4 rings (SSSR count). The van der Waals surface area contributed by atoms with Gasteiger partial charge < -0.3 is 9.80 Å². The SMILES string of the molecule is Cc1ccc2c(c1)C(=O)N([C@H](C)C(=O)N1CCN(c3ncccn3)CC1)C2=O. The molecule has 0 saturated carbocycles. The number of hydrogen-bond donors (Lipinski definition) is 0. The van der Waals surface area contributed by atoms with Gasteiger partial charge in [0.2, 0.25) is 11.9 Å². The van der Waals surface area contributed by atoms with Gasteiger partial charge in [0.15, 0.2) is 0 Å². The van der Waals surface area contributed by atoms with Crippen molar-refractivity contribution in [2.75, 3.05) is 31.1 Å². The summed E-state index contributed by atoms with van der Waals surface area (Å²) in [6.45, 7) is 5.66. The van der Waals surface area contributed by atoms with Gasteiger partial charge in [-0.25, -0.2) is 9.97 Å². The lowest BCUT2D eigenvalue weighted by Gasteiger charge is -2.37. The molecule has 3 heterocycles. The summed E-state index contributed by atoms with van der Waals surface area (Å²) in [5.41, 5.74) is 1.64. The Morgan fingerprint density at radius 2 is 1.64 bits per heavy atom. The van der Waals surface area contributed by atoms with Crippen LogP contribution in [0.15, 0.2) is 36.7 Å². The zero-order valence-corrected chi connectivity index (χ0v) is 15.8. The number of hydrogen-bond acceptors (Lipinski definition) is 6. The van der Waals surface area contributed by atoms with Gasteiger partial charge in [0.1, 0.15) is 6.04 Å².